The number of rotatable bonds is 9. The average molecular weight is 915 g/mol. The number of hydrogen-bond donors (Lipinski definition) is 4. The molecule has 6 heterocycles. The molecule has 0 radical (unpaired) electrons. The number of carbonyl (C=O) groups is 4. The van der Waals surface area contributed by atoms with E-state index in [9.17, 15) is 19.2 Å². The van der Waals surface area contributed by atoms with Crippen LogP contribution in [0.5, 0.6) is 5.75 Å². The number of fused-ring (bicyclic) bond motifs is 7. The lowest BCUT2D eigenvalue weighted by atomic mass is 9.85. The third kappa shape index (κ3) is 8.14. The molecule has 1 aliphatic carbocycles. The Morgan fingerprint density at radius 2 is 1.58 bits per heavy atom. The summed E-state index contributed by atoms with van der Waals surface area (Å²) in [6.45, 7) is 10.3. The van der Waals surface area contributed by atoms with Crippen LogP contribution in [0, 0.1) is 17.8 Å². The largest absolute Gasteiger partial charge is 0.488 e. The Morgan fingerprint density at radius 1 is 0.806 bits per heavy atom. The minimum atomic E-state index is -0.746. The number of ether oxygens (including phenoxy) is 4. The van der Waals surface area contributed by atoms with Gasteiger partial charge in [-0.25, -0.2) is 19.6 Å². The summed E-state index contributed by atoms with van der Waals surface area (Å²) in [7, 11) is 2.63. The minimum Gasteiger partial charge on any atom is -0.488 e. The second-order valence-electron chi connectivity index (χ2n) is 19.9. The van der Waals surface area contributed by atoms with Crippen molar-refractivity contribution in [2.45, 2.75) is 141 Å². The molecule has 10 rings (SSSR count). The van der Waals surface area contributed by atoms with Crippen LogP contribution >= 0.6 is 0 Å². The van der Waals surface area contributed by atoms with E-state index >= 15 is 0 Å². The van der Waals surface area contributed by atoms with Crippen LogP contribution in [0.25, 0.3) is 44.2 Å². The quantitative estimate of drug-likeness (QED) is 0.112. The molecule has 5 aromatic rings. The van der Waals surface area contributed by atoms with E-state index in [2.05, 4.69) is 63.9 Å². The normalized spacial score (nSPS) is 26.4. The highest BCUT2D eigenvalue weighted by molar-refractivity contribution is 6.07. The summed E-state index contributed by atoms with van der Waals surface area (Å²) in [5.41, 5.74) is 6.65. The molecule has 4 fully saturated rings. The van der Waals surface area contributed by atoms with Crippen molar-refractivity contribution in [1.82, 2.24) is 40.4 Å². The maximum Gasteiger partial charge on any atom is 0.407 e. The van der Waals surface area contributed by atoms with Gasteiger partial charge in [0, 0.05) is 23.0 Å². The first kappa shape index (κ1) is 44.7. The fourth-order valence-electron chi connectivity index (χ4n) is 12.1. The summed E-state index contributed by atoms with van der Waals surface area (Å²) >= 11 is 0. The Labute approximate surface area is 390 Å². The maximum absolute atomic E-state index is 14.5. The van der Waals surface area contributed by atoms with Gasteiger partial charge in [0.1, 0.15) is 36.1 Å². The van der Waals surface area contributed by atoms with Crippen LogP contribution in [0.3, 0.4) is 0 Å². The van der Waals surface area contributed by atoms with E-state index in [-0.39, 0.29) is 60.0 Å². The van der Waals surface area contributed by atoms with Gasteiger partial charge in [-0.2, -0.15) is 0 Å². The highest BCUT2D eigenvalue weighted by Gasteiger charge is 2.50. The molecule has 0 bridgehead atoms. The molecule has 2 aromatic heterocycles. The van der Waals surface area contributed by atoms with E-state index in [0.29, 0.717) is 31.2 Å². The van der Waals surface area contributed by atoms with Gasteiger partial charge in [-0.15, -0.1) is 0 Å². The average Bonchev–Trinajstić information content (AvgIpc) is 4.17. The van der Waals surface area contributed by atoms with Crippen LogP contribution in [-0.2, 0) is 30.4 Å². The Kier molecular flexibility index (Phi) is 11.9. The summed E-state index contributed by atoms with van der Waals surface area (Å²) in [6.07, 6.45) is 7.30. The number of benzene rings is 3. The lowest BCUT2D eigenvalue weighted by Crippen LogP contribution is -2.55. The van der Waals surface area contributed by atoms with Crippen LogP contribution in [0.15, 0.2) is 48.7 Å². The lowest BCUT2D eigenvalue weighted by Gasteiger charge is -2.39. The first-order chi connectivity index (χ1) is 32.3. The van der Waals surface area contributed by atoms with E-state index in [4.69, 9.17) is 28.9 Å². The Hall–Kier alpha value is -6.16. The number of H-pyrrole nitrogens is 2. The van der Waals surface area contributed by atoms with Crippen LogP contribution in [0.2, 0.25) is 0 Å². The minimum absolute atomic E-state index is 0.0299. The number of carbonyl (C=O) groups excluding carboxylic acids is 4. The van der Waals surface area contributed by atoms with Gasteiger partial charge in [-0.05, 0) is 130 Å². The molecule has 9 atom stereocenters. The smallest absolute Gasteiger partial charge is 0.407 e. The Morgan fingerprint density at radius 3 is 2.34 bits per heavy atom. The zero-order valence-corrected chi connectivity index (χ0v) is 39.4. The van der Waals surface area contributed by atoms with E-state index < -0.39 is 24.3 Å². The zero-order chi connectivity index (χ0) is 46.8. The first-order valence-electron chi connectivity index (χ1n) is 24.1. The number of hydrogen-bond acceptors (Lipinski definition) is 10. The molecule has 4 N–H and O–H groups in total. The predicted molar refractivity (Wildman–Crippen MR) is 251 cm³/mol. The number of likely N-dealkylation sites (tertiary alicyclic amines) is 2. The molecule has 16 nitrogen and oxygen atoms in total. The van der Waals surface area contributed by atoms with Crippen molar-refractivity contribution in [3.8, 4) is 28.1 Å². The number of amides is 4. The maximum atomic E-state index is 14.5. The molecule has 354 valence electrons. The lowest BCUT2D eigenvalue weighted by molar-refractivity contribution is -0.140. The number of methoxy groups -OCH3 is 2. The molecule has 67 heavy (non-hydrogen) atoms. The molecule has 4 amide bonds. The predicted octanol–water partition coefficient (Wildman–Crippen LogP) is 8.47. The van der Waals surface area contributed by atoms with Gasteiger partial charge >= 0.3 is 12.2 Å². The number of alkyl carbamates (subject to hydrolysis) is 2. The third-order valence-corrected chi connectivity index (χ3v) is 15.2. The topological polar surface area (TPSA) is 193 Å². The van der Waals surface area contributed by atoms with Gasteiger partial charge in [-0.3, -0.25) is 9.59 Å². The Bertz CT molecular complexity index is 2720. The molecule has 1 unspecified atom stereocenters. The van der Waals surface area contributed by atoms with Gasteiger partial charge in [0.25, 0.3) is 0 Å². The summed E-state index contributed by atoms with van der Waals surface area (Å²) < 4.78 is 22.3. The van der Waals surface area contributed by atoms with Crippen LogP contribution in [0.1, 0.15) is 115 Å². The van der Waals surface area contributed by atoms with Crippen molar-refractivity contribution in [3.63, 3.8) is 0 Å². The summed E-state index contributed by atoms with van der Waals surface area (Å²) in [5.74, 6) is 2.18. The van der Waals surface area contributed by atoms with Crippen molar-refractivity contribution in [2.75, 3.05) is 14.2 Å². The van der Waals surface area contributed by atoms with Gasteiger partial charge in [0.15, 0.2) is 0 Å². The standard InChI is InChI=1S/C51H62N8O8/c1-25(2)43(56-50(62)64-6)48(60)59-39-10-8-9-31(39)21-41(59)47-53-37-15-13-29-20-36-34-14-12-30(19-33(34)24-66-42(36)22-35(29)45(37)55-47)38-23-52-46(54-38)40-16-11-26(3)58(40)49(61)44(57-51(63)65-7)32-17-27(4)67-28(5)18-32/h12-15,19-20,22-23,25-28,31-32,39-41,43-44H,8-11,16-18,21,24H2,1-7H3,(H,52,54)(H,53,55)(H,56,62)(H,57,63)/t26-,27+,28+,31-,39-,40-,41?,43-,44-/m0/s1. The SMILES string of the molecule is COC(=O)N[C@H](C(=O)N1C(c2nc3ccc4cc5c(cc4c3[nH]2)OCc2cc(-c3cnc([C@@H]4CC[C@H](C)N4C(=O)[C@@H](NC(=O)OC)C4C[C@@H](C)O[C@H](C)C4)[nH]3)ccc2-5)C[C@@H]2CCC[C@@H]21)C(C)C. The monoisotopic (exact) mass is 914 g/mol. The van der Waals surface area contributed by atoms with E-state index in [1.807, 2.05) is 49.8 Å². The van der Waals surface area contributed by atoms with Crippen LogP contribution < -0.4 is 15.4 Å². The second-order valence-corrected chi connectivity index (χ2v) is 19.9. The van der Waals surface area contributed by atoms with E-state index in [1.165, 1.54) is 14.2 Å². The van der Waals surface area contributed by atoms with Crippen molar-refractivity contribution in [3.05, 3.63) is 65.9 Å². The fourth-order valence-corrected chi connectivity index (χ4v) is 12.1. The van der Waals surface area contributed by atoms with Crippen molar-refractivity contribution >= 4 is 45.8 Å². The number of imidazole rings is 2. The van der Waals surface area contributed by atoms with Crippen molar-refractivity contribution in [1.29, 1.82) is 0 Å². The molecule has 1 saturated carbocycles. The van der Waals surface area contributed by atoms with Gasteiger partial charge in [0.2, 0.25) is 11.8 Å². The molecule has 5 aliphatic rings. The molecular weight excluding hydrogens is 853 g/mol. The molecular formula is C51H62N8O8. The van der Waals surface area contributed by atoms with Gasteiger partial charge in [0.05, 0.1) is 61.4 Å². The molecule has 4 aliphatic heterocycles. The van der Waals surface area contributed by atoms with Crippen molar-refractivity contribution in [2.24, 2.45) is 17.8 Å². The van der Waals surface area contributed by atoms with Crippen molar-refractivity contribution < 1.29 is 38.1 Å². The third-order valence-electron chi connectivity index (χ3n) is 15.2. The summed E-state index contributed by atoms with van der Waals surface area (Å²) in [5, 5.41) is 7.71. The highest BCUT2D eigenvalue weighted by atomic mass is 16.5. The number of aromatic nitrogens is 4. The summed E-state index contributed by atoms with van der Waals surface area (Å²) in [6, 6.07) is 12.9. The second kappa shape index (κ2) is 17.8. The van der Waals surface area contributed by atoms with E-state index in [0.717, 1.165) is 99.9 Å². The highest BCUT2D eigenvalue weighted by Crippen LogP contribution is 2.49. The Balaban J connectivity index is 0.903. The number of nitrogens with zero attached hydrogens (tertiary/aromatic N) is 4. The van der Waals surface area contributed by atoms with E-state index in [1.54, 1.807) is 0 Å². The number of nitrogens with one attached hydrogen (secondary N) is 4. The number of aromatic amines is 2. The van der Waals surface area contributed by atoms with Gasteiger partial charge in [-0.1, -0.05) is 38.5 Å². The zero-order valence-electron chi connectivity index (χ0n) is 39.4. The fraction of sp³-hybridized carbons (Fsp3) is 0.529. The van der Waals surface area contributed by atoms with Crippen LogP contribution in [0.4, 0.5) is 9.59 Å². The molecule has 3 aromatic carbocycles. The molecule has 16 heteroatoms. The molecule has 0 spiro atoms. The van der Waals surface area contributed by atoms with Gasteiger partial charge < -0.3 is 49.3 Å². The van der Waals surface area contributed by atoms with Crippen LogP contribution in [-0.4, -0.2) is 104 Å². The molecule has 3 saturated heterocycles. The first-order valence-corrected chi connectivity index (χ1v) is 24.1. The summed E-state index contributed by atoms with van der Waals surface area (Å²) in [4.78, 5) is 74.8.